The highest BCUT2D eigenvalue weighted by atomic mass is 16.3. The number of aliphatic hydroxyl groups excluding tert-OH is 2. The largest absolute Gasteiger partial charge is 0.390 e. The zero-order valence-electron chi connectivity index (χ0n) is 10.9. The normalized spacial score (nSPS) is 14.3. The number of rotatable bonds is 6. The van der Waals surface area contributed by atoms with E-state index in [-0.39, 0.29) is 0 Å². The van der Waals surface area contributed by atoms with Gasteiger partial charge in [0, 0.05) is 12.4 Å². The van der Waals surface area contributed by atoms with Gasteiger partial charge in [0.2, 0.25) is 0 Å². The lowest BCUT2D eigenvalue weighted by Gasteiger charge is -2.18. The molecule has 0 aliphatic heterocycles. The first kappa shape index (κ1) is 13.7. The van der Waals surface area contributed by atoms with Crippen molar-refractivity contribution in [2.75, 3.05) is 13.6 Å². The van der Waals surface area contributed by atoms with Gasteiger partial charge in [0.25, 0.3) is 0 Å². The Morgan fingerprint density at radius 1 is 1.26 bits per heavy atom. The second-order valence-electron chi connectivity index (χ2n) is 4.45. The minimum absolute atomic E-state index is 0.512. The first-order valence-electron chi connectivity index (χ1n) is 6.33. The van der Waals surface area contributed by atoms with Gasteiger partial charge in [-0.3, -0.25) is 0 Å². The van der Waals surface area contributed by atoms with E-state index in [4.69, 9.17) is 0 Å². The number of aromatic nitrogens is 2. The molecule has 0 radical (unpaired) electrons. The SMILES string of the molecule is CNCCC(O)C(O)c1ccc(-n2cccn2)cc1. The molecule has 0 aliphatic carbocycles. The monoisotopic (exact) mass is 261 g/mol. The lowest BCUT2D eigenvalue weighted by Crippen LogP contribution is -2.23. The number of hydrogen-bond donors (Lipinski definition) is 3. The Bertz CT molecular complexity index is 482. The summed E-state index contributed by atoms with van der Waals surface area (Å²) in [6, 6.07) is 9.21. The van der Waals surface area contributed by atoms with Crippen molar-refractivity contribution in [2.45, 2.75) is 18.6 Å². The fourth-order valence-corrected chi connectivity index (χ4v) is 1.92. The van der Waals surface area contributed by atoms with Crippen LogP contribution in [0.2, 0.25) is 0 Å². The van der Waals surface area contributed by atoms with Crippen LogP contribution in [0.25, 0.3) is 5.69 Å². The van der Waals surface area contributed by atoms with E-state index in [1.807, 2.05) is 43.6 Å². The number of benzene rings is 1. The Hall–Kier alpha value is -1.69. The third-order valence-electron chi connectivity index (χ3n) is 3.06. The minimum atomic E-state index is -0.861. The first-order chi connectivity index (χ1) is 9.22. The van der Waals surface area contributed by atoms with Gasteiger partial charge in [-0.2, -0.15) is 5.10 Å². The first-order valence-corrected chi connectivity index (χ1v) is 6.33. The van der Waals surface area contributed by atoms with Gasteiger partial charge < -0.3 is 15.5 Å². The smallest absolute Gasteiger partial charge is 0.105 e. The maximum Gasteiger partial charge on any atom is 0.105 e. The highest BCUT2D eigenvalue weighted by Gasteiger charge is 2.17. The van der Waals surface area contributed by atoms with Crippen molar-refractivity contribution in [3.8, 4) is 5.69 Å². The molecule has 1 aromatic heterocycles. The van der Waals surface area contributed by atoms with Gasteiger partial charge in [0.15, 0.2) is 0 Å². The molecule has 5 heteroatoms. The third-order valence-corrected chi connectivity index (χ3v) is 3.06. The lowest BCUT2D eigenvalue weighted by atomic mass is 10.0. The maximum absolute atomic E-state index is 10.0. The molecule has 2 aromatic rings. The molecule has 0 aliphatic rings. The molecular formula is C14H19N3O2. The summed E-state index contributed by atoms with van der Waals surface area (Å²) >= 11 is 0. The van der Waals surface area contributed by atoms with Crippen LogP contribution in [-0.2, 0) is 0 Å². The molecule has 102 valence electrons. The van der Waals surface area contributed by atoms with Gasteiger partial charge in [-0.25, -0.2) is 4.68 Å². The van der Waals surface area contributed by atoms with Crippen LogP contribution in [0.5, 0.6) is 0 Å². The van der Waals surface area contributed by atoms with Crippen molar-refractivity contribution in [1.29, 1.82) is 0 Å². The van der Waals surface area contributed by atoms with E-state index in [2.05, 4.69) is 10.4 Å². The number of nitrogens with one attached hydrogen (secondary N) is 1. The summed E-state index contributed by atoms with van der Waals surface area (Å²) < 4.78 is 1.74. The second kappa shape index (κ2) is 6.47. The van der Waals surface area contributed by atoms with E-state index < -0.39 is 12.2 Å². The summed E-state index contributed by atoms with van der Waals surface area (Å²) in [6.07, 6.45) is 2.46. The van der Waals surface area contributed by atoms with E-state index in [9.17, 15) is 10.2 Å². The van der Waals surface area contributed by atoms with Crippen molar-refractivity contribution >= 4 is 0 Å². The number of nitrogens with zero attached hydrogens (tertiary/aromatic N) is 2. The Labute approximate surface area is 112 Å². The van der Waals surface area contributed by atoms with Gasteiger partial charge in [-0.05, 0) is 43.8 Å². The second-order valence-corrected chi connectivity index (χ2v) is 4.45. The molecule has 2 unspecified atom stereocenters. The lowest BCUT2D eigenvalue weighted by molar-refractivity contribution is 0.0140. The Morgan fingerprint density at radius 2 is 2.00 bits per heavy atom. The third kappa shape index (κ3) is 3.41. The Balaban J connectivity index is 2.05. The van der Waals surface area contributed by atoms with E-state index >= 15 is 0 Å². The van der Waals surface area contributed by atoms with Gasteiger partial charge in [-0.1, -0.05) is 12.1 Å². The van der Waals surface area contributed by atoms with Crippen LogP contribution in [0.3, 0.4) is 0 Å². The van der Waals surface area contributed by atoms with Crippen molar-refractivity contribution < 1.29 is 10.2 Å². The predicted molar refractivity (Wildman–Crippen MR) is 73.1 cm³/mol. The molecule has 0 saturated carbocycles. The van der Waals surface area contributed by atoms with E-state index in [1.54, 1.807) is 10.9 Å². The predicted octanol–water partition coefficient (Wildman–Crippen LogP) is 0.876. The van der Waals surface area contributed by atoms with Gasteiger partial charge in [-0.15, -0.1) is 0 Å². The molecule has 0 spiro atoms. The quantitative estimate of drug-likeness (QED) is 0.722. The summed E-state index contributed by atoms with van der Waals surface area (Å²) in [5.41, 5.74) is 1.63. The summed E-state index contributed by atoms with van der Waals surface area (Å²) in [6.45, 7) is 0.670. The molecule has 2 rings (SSSR count). The standard InChI is InChI=1S/C14H19N3O2/c1-15-9-7-13(18)14(19)11-3-5-12(6-4-11)17-10-2-8-16-17/h2-6,8,10,13-15,18-19H,7,9H2,1H3. The van der Waals surface area contributed by atoms with Crippen LogP contribution in [0.4, 0.5) is 0 Å². The molecule has 0 saturated heterocycles. The molecule has 0 amide bonds. The topological polar surface area (TPSA) is 70.3 Å². The van der Waals surface area contributed by atoms with Gasteiger partial charge >= 0.3 is 0 Å². The van der Waals surface area contributed by atoms with Crippen LogP contribution in [0, 0.1) is 0 Å². The summed E-state index contributed by atoms with van der Waals surface area (Å²) in [4.78, 5) is 0. The maximum atomic E-state index is 10.0. The summed E-state index contributed by atoms with van der Waals surface area (Å²) in [7, 11) is 1.82. The molecule has 1 heterocycles. The number of aliphatic hydroxyl groups is 2. The average Bonchev–Trinajstić information content (AvgIpc) is 2.98. The molecule has 1 aromatic carbocycles. The van der Waals surface area contributed by atoms with Crippen LogP contribution < -0.4 is 5.32 Å². The van der Waals surface area contributed by atoms with Gasteiger partial charge in [0.1, 0.15) is 6.10 Å². The van der Waals surface area contributed by atoms with Crippen LogP contribution in [-0.4, -0.2) is 39.7 Å². The molecule has 2 atom stereocenters. The molecule has 19 heavy (non-hydrogen) atoms. The van der Waals surface area contributed by atoms with E-state index in [1.165, 1.54) is 0 Å². The zero-order valence-corrected chi connectivity index (χ0v) is 10.9. The zero-order chi connectivity index (χ0) is 13.7. The molecular weight excluding hydrogens is 242 g/mol. The molecule has 0 fully saturated rings. The van der Waals surface area contributed by atoms with E-state index in [0.29, 0.717) is 18.5 Å². The van der Waals surface area contributed by atoms with Crippen LogP contribution >= 0.6 is 0 Å². The van der Waals surface area contributed by atoms with Gasteiger partial charge in [0.05, 0.1) is 11.8 Å². The van der Waals surface area contributed by atoms with Crippen LogP contribution in [0.1, 0.15) is 18.1 Å². The fraction of sp³-hybridized carbons (Fsp3) is 0.357. The number of hydrogen-bond acceptors (Lipinski definition) is 4. The highest BCUT2D eigenvalue weighted by molar-refractivity contribution is 5.34. The van der Waals surface area contributed by atoms with Crippen molar-refractivity contribution in [3.05, 3.63) is 48.3 Å². The summed E-state index contributed by atoms with van der Waals surface area (Å²) in [5, 5.41) is 27.0. The van der Waals surface area contributed by atoms with E-state index in [0.717, 1.165) is 5.69 Å². The average molecular weight is 261 g/mol. The highest BCUT2D eigenvalue weighted by Crippen LogP contribution is 2.20. The molecule has 0 bridgehead atoms. The van der Waals surface area contributed by atoms with Crippen molar-refractivity contribution in [2.24, 2.45) is 0 Å². The molecule has 5 nitrogen and oxygen atoms in total. The van der Waals surface area contributed by atoms with Crippen molar-refractivity contribution in [1.82, 2.24) is 15.1 Å². The van der Waals surface area contributed by atoms with Crippen molar-refractivity contribution in [3.63, 3.8) is 0 Å². The fourth-order valence-electron chi connectivity index (χ4n) is 1.92. The Kier molecular flexibility index (Phi) is 4.68. The summed E-state index contributed by atoms with van der Waals surface area (Å²) in [5.74, 6) is 0. The van der Waals surface area contributed by atoms with Crippen LogP contribution in [0.15, 0.2) is 42.7 Å². The Morgan fingerprint density at radius 3 is 2.58 bits per heavy atom. The minimum Gasteiger partial charge on any atom is -0.390 e. The molecule has 3 N–H and O–H groups in total.